The van der Waals surface area contributed by atoms with Crippen LogP contribution in [0.1, 0.15) is 55.5 Å². The number of carbonyl (C=O) groups is 1. The molecule has 0 aromatic heterocycles. The van der Waals surface area contributed by atoms with Crippen LogP contribution in [0.2, 0.25) is 5.02 Å². The molecule has 3 rings (SSSR count). The van der Waals surface area contributed by atoms with Crippen molar-refractivity contribution in [1.29, 1.82) is 0 Å². The first-order valence-electron chi connectivity index (χ1n) is 9.25. The third-order valence-corrected chi connectivity index (χ3v) is 5.61. The van der Waals surface area contributed by atoms with E-state index >= 15 is 0 Å². The molecule has 1 saturated carbocycles. The Morgan fingerprint density at radius 1 is 1.12 bits per heavy atom. The molecule has 0 heterocycles. The van der Waals surface area contributed by atoms with Gasteiger partial charge in [0.05, 0.1) is 0 Å². The van der Waals surface area contributed by atoms with Gasteiger partial charge >= 0.3 is 0 Å². The van der Waals surface area contributed by atoms with E-state index in [4.69, 9.17) is 17.3 Å². The maximum Gasteiger partial charge on any atom is 0.248 e. The molecule has 2 aromatic carbocycles. The Bertz CT molecular complexity index is 773. The van der Waals surface area contributed by atoms with Gasteiger partial charge in [-0.2, -0.15) is 0 Å². The summed E-state index contributed by atoms with van der Waals surface area (Å²) >= 11 is 6.34. The van der Waals surface area contributed by atoms with E-state index in [2.05, 4.69) is 25.2 Å². The van der Waals surface area contributed by atoms with Gasteiger partial charge in [0.15, 0.2) is 0 Å². The lowest BCUT2D eigenvalue weighted by atomic mass is 9.75. The van der Waals surface area contributed by atoms with Gasteiger partial charge in [-0.1, -0.05) is 37.6 Å². The molecular formula is C22H27ClN2O. The largest absolute Gasteiger partial charge is 0.366 e. The number of amides is 1. The maximum absolute atomic E-state index is 11.2. The molecule has 0 spiro atoms. The van der Waals surface area contributed by atoms with Gasteiger partial charge in [-0.25, -0.2) is 0 Å². The van der Waals surface area contributed by atoms with Crippen LogP contribution in [0.5, 0.6) is 0 Å². The zero-order chi connectivity index (χ0) is 18.7. The van der Waals surface area contributed by atoms with Crippen molar-refractivity contribution in [3.63, 3.8) is 0 Å². The third kappa shape index (κ3) is 4.87. The van der Waals surface area contributed by atoms with Crippen molar-refractivity contribution in [3.8, 4) is 11.1 Å². The average molecular weight is 371 g/mol. The first-order chi connectivity index (χ1) is 12.3. The number of nitrogens with one attached hydrogen (secondary N) is 1. The normalized spacial score (nSPS) is 17.2. The Morgan fingerprint density at radius 2 is 1.77 bits per heavy atom. The highest BCUT2D eigenvalue weighted by molar-refractivity contribution is 6.31. The molecule has 0 atom stereocenters. The van der Waals surface area contributed by atoms with Crippen LogP contribution in [0, 0.1) is 5.41 Å². The highest BCUT2D eigenvalue weighted by Gasteiger charge is 2.26. The summed E-state index contributed by atoms with van der Waals surface area (Å²) < 4.78 is 0. The molecule has 4 heteroatoms. The van der Waals surface area contributed by atoms with Crippen molar-refractivity contribution >= 4 is 17.5 Å². The zero-order valence-corrected chi connectivity index (χ0v) is 16.3. The lowest BCUT2D eigenvalue weighted by molar-refractivity contribution is 0.100. The Balaban J connectivity index is 1.68. The second-order valence-electron chi connectivity index (χ2n) is 8.11. The minimum absolute atomic E-state index is 0.414. The summed E-state index contributed by atoms with van der Waals surface area (Å²) in [5.41, 5.74) is 9.56. The zero-order valence-electron chi connectivity index (χ0n) is 15.5. The Hall–Kier alpha value is -1.84. The molecule has 1 amide bonds. The van der Waals surface area contributed by atoms with Gasteiger partial charge in [0.25, 0.3) is 0 Å². The fraction of sp³-hybridized carbons (Fsp3) is 0.409. The van der Waals surface area contributed by atoms with Gasteiger partial charge in [0, 0.05) is 23.2 Å². The number of carbonyl (C=O) groups excluding carboxylic acids is 1. The number of hydrogen-bond acceptors (Lipinski definition) is 2. The second-order valence-corrected chi connectivity index (χ2v) is 8.55. The SMILES string of the molecule is CC1(C)CCC(NCc2cc(Cl)cc(-c3ccc(C(N)=O)cc3)c2)CC1. The summed E-state index contributed by atoms with van der Waals surface area (Å²) in [4.78, 5) is 11.2. The summed E-state index contributed by atoms with van der Waals surface area (Å²) in [6.07, 6.45) is 5.01. The predicted molar refractivity (Wildman–Crippen MR) is 108 cm³/mol. The number of benzene rings is 2. The number of nitrogens with two attached hydrogens (primary N) is 1. The first-order valence-corrected chi connectivity index (χ1v) is 9.63. The van der Waals surface area contributed by atoms with Gasteiger partial charge in [0.1, 0.15) is 0 Å². The molecule has 3 nitrogen and oxygen atoms in total. The van der Waals surface area contributed by atoms with Crippen molar-refractivity contribution in [3.05, 3.63) is 58.6 Å². The Morgan fingerprint density at radius 3 is 2.38 bits per heavy atom. The molecule has 1 aliphatic rings. The van der Waals surface area contributed by atoms with E-state index in [-0.39, 0.29) is 0 Å². The fourth-order valence-electron chi connectivity index (χ4n) is 3.61. The van der Waals surface area contributed by atoms with Crippen LogP contribution in [0.15, 0.2) is 42.5 Å². The van der Waals surface area contributed by atoms with Crippen LogP contribution in [0.25, 0.3) is 11.1 Å². The summed E-state index contributed by atoms with van der Waals surface area (Å²) in [5, 5.41) is 4.41. The number of halogens is 1. The summed E-state index contributed by atoms with van der Waals surface area (Å²) in [6.45, 7) is 5.53. The van der Waals surface area contributed by atoms with Crippen LogP contribution in [0.4, 0.5) is 0 Å². The molecule has 0 aliphatic heterocycles. The quantitative estimate of drug-likeness (QED) is 0.763. The van der Waals surface area contributed by atoms with Crippen molar-refractivity contribution < 1.29 is 4.79 Å². The Kier molecular flexibility index (Phi) is 5.69. The van der Waals surface area contributed by atoms with E-state index in [9.17, 15) is 4.79 Å². The highest BCUT2D eigenvalue weighted by Crippen LogP contribution is 2.35. The number of primary amides is 1. The molecular weight excluding hydrogens is 344 g/mol. The molecule has 1 aliphatic carbocycles. The van der Waals surface area contributed by atoms with Crippen molar-refractivity contribution in [1.82, 2.24) is 5.32 Å². The van der Waals surface area contributed by atoms with E-state index in [1.807, 2.05) is 24.3 Å². The number of rotatable bonds is 5. The minimum Gasteiger partial charge on any atom is -0.366 e. The summed E-state index contributed by atoms with van der Waals surface area (Å²) in [5.74, 6) is -0.414. The smallest absolute Gasteiger partial charge is 0.248 e. The highest BCUT2D eigenvalue weighted by atomic mass is 35.5. The van der Waals surface area contributed by atoms with E-state index in [1.165, 1.54) is 31.2 Å². The summed E-state index contributed by atoms with van der Waals surface area (Å²) in [6, 6.07) is 14.0. The molecule has 0 radical (unpaired) electrons. The predicted octanol–water partition coefficient (Wildman–Crippen LogP) is 5.16. The van der Waals surface area contributed by atoms with Crippen molar-refractivity contribution in [2.45, 2.75) is 52.1 Å². The van der Waals surface area contributed by atoms with Gasteiger partial charge in [-0.15, -0.1) is 0 Å². The standard InChI is InChI=1S/C22H27ClN2O/c1-22(2)9-7-20(8-10-22)25-14-15-11-18(13-19(23)12-15)16-3-5-17(6-4-16)21(24)26/h3-6,11-13,20,25H,7-10,14H2,1-2H3,(H2,24,26). The maximum atomic E-state index is 11.2. The summed E-state index contributed by atoms with van der Waals surface area (Å²) in [7, 11) is 0. The second kappa shape index (κ2) is 7.81. The fourth-order valence-corrected chi connectivity index (χ4v) is 3.87. The molecule has 26 heavy (non-hydrogen) atoms. The van der Waals surface area contributed by atoms with Crippen LogP contribution >= 0.6 is 11.6 Å². The van der Waals surface area contributed by atoms with Crippen LogP contribution < -0.4 is 11.1 Å². The van der Waals surface area contributed by atoms with E-state index in [0.717, 1.165) is 22.7 Å². The molecule has 0 bridgehead atoms. The van der Waals surface area contributed by atoms with Gasteiger partial charge in [-0.3, -0.25) is 4.79 Å². The molecule has 0 unspecified atom stereocenters. The van der Waals surface area contributed by atoms with E-state index in [1.54, 1.807) is 12.1 Å². The van der Waals surface area contributed by atoms with Gasteiger partial charge < -0.3 is 11.1 Å². The third-order valence-electron chi connectivity index (χ3n) is 5.39. The molecule has 2 aromatic rings. The number of hydrogen-bond donors (Lipinski definition) is 2. The van der Waals surface area contributed by atoms with Gasteiger partial charge in [0.2, 0.25) is 5.91 Å². The van der Waals surface area contributed by atoms with Gasteiger partial charge in [-0.05, 0) is 78.1 Å². The van der Waals surface area contributed by atoms with E-state index in [0.29, 0.717) is 17.0 Å². The minimum atomic E-state index is -0.414. The molecule has 0 saturated heterocycles. The average Bonchev–Trinajstić information content (AvgIpc) is 2.60. The van der Waals surface area contributed by atoms with Crippen LogP contribution in [-0.2, 0) is 6.54 Å². The monoisotopic (exact) mass is 370 g/mol. The molecule has 1 fully saturated rings. The van der Waals surface area contributed by atoms with Crippen molar-refractivity contribution in [2.75, 3.05) is 0 Å². The van der Waals surface area contributed by atoms with Crippen LogP contribution in [0.3, 0.4) is 0 Å². The Labute approximate surface area is 160 Å². The molecule has 3 N–H and O–H groups in total. The lowest BCUT2D eigenvalue weighted by Crippen LogP contribution is -2.35. The van der Waals surface area contributed by atoms with Crippen molar-refractivity contribution in [2.24, 2.45) is 11.1 Å². The first kappa shape index (κ1) is 18.9. The van der Waals surface area contributed by atoms with E-state index < -0.39 is 5.91 Å². The molecule has 138 valence electrons. The topological polar surface area (TPSA) is 55.1 Å². The lowest BCUT2D eigenvalue weighted by Gasteiger charge is -2.34. The van der Waals surface area contributed by atoms with Crippen LogP contribution in [-0.4, -0.2) is 11.9 Å².